The summed E-state index contributed by atoms with van der Waals surface area (Å²) >= 11 is 0. The standard InChI is InChI=1S/C27H34N5.C26H33N6.C23H33N6.C23H32N5/c1-19(2)30-17-16-26(29(30)7)31-20(3)32(24-15-11-10-14-23(24)31)27(4,5)25-18-21-12-8-9-13-22(21)28(25)6;1-18(2)30-17-16-24(29(30)7)31-19(3)32(23-15-11-10-14-22(23)31)26(4,5)25-27-20-12-8-9-13-21(20)28(25)6;1-16(2)27-14-13-21(26(27)8)28-18(4)29(20-12-10-9-11-19(20)28)23(5,6)22-24-15-17(3)25(22)7;1-17(2)26-16-14-22(25(26)7)27-18(3)28(20-12-9-8-11-19(20)27)23(4,5)21-13-10-15-24(21)6/h8-20H,1-7H3;8-19H,1-7H3;9-16,18H,1-8H3;8-18H,1-7H3/q4*+1/t20-;19-;2*18-/m1111/s1. The van der Waals surface area contributed by atoms with Gasteiger partial charge >= 0.3 is 0 Å². The van der Waals surface area contributed by atoms with Crippen LogP contribution in [0.2, 0.25) is 0 Å². The van der Waals surface area contributed by atoms with E-state index < -0.39 is 0 Å². The van der Waals surface area contributed by atoms with Crippen molar-refractivity contribution in [1.82, 2.24) is 47.0 Å². The lowest BCUT2D eigenvalue weighted by molar-refractivity contribution is -0.789. The van der Waals surface area contributed by atoms with Crippen LogP contribution in [0.3, 0.4) is 0 Å². The Bertz CT molecular complexity index is 5880. The first-order valence-corrected chi connectivity index (χ1v) is 43.4. The van der Waals surface area contributed by atoms with Crippen molar-refractivity contribution in [2.75, 3.05) is 39.2 Å². The summed E-state index contributed by atoms with van der Waals surface area (Å²) in [6, 6.07) is 69.2. The van der Waals surface area contributed by atoms with Crippen LogP contribution < -0.4 is 57.9 Å². The number of hydrogen-bond acceptors (Lipinski definition) is 10. The molecular weight excluding hydrogens is 1500 g/mol. The molecule has 0 N–H and O–H groups in total. The van der Waals surface area contributed by atoms with Gasteiger partial charge in [-0.05, 0) is 236 Å². The second kappa shape index (κ2) is 31.6. The van der Waals surface area contributed by atoms with Gasteiger partial charge in [0.25, 0.3) is 0 Å². The second-order valence-electron chi connectivity index (χ2n) is 36.8. The van der Waals surface area contributed by atoms with Gasteiger partial charge in [-0.2, -0.15) is 0 Å². The van der Waals surface area contributed by atoms with Crippen LogP contribution in [0.15, 0.2) is 225 Å². The fraction of sp³-hybridized carbons (Fsp3) is 0.414. The molecule has 0 radical (unpaired) electrons. The molecule has 22 nitrogen and oxygen atoms in total. The Morgan fingerprint density at radius 3 is 0.950 bits per heavy atom. The molecule has 0 aliphatic carbocycles. The van der Waals surface area contributed by atoms with Crippen LogP contribution in [0.5, 0.6) is 0 Å². The van der Waals surface area contributed by atoms with Crippen LogP contribution in [-0.4, -0.2) is 71.6 Å². The fourth-order valence-corrected chi connectivity index (χ4v) is 21.0. The highest BCUT2D eigenvalue weighted by molar-refractivity contribution is 5.88. The van der Waals surface area contributed by atoms with Gasteiger partial charge in [0.05, 0.1) is 131 Å². The minimum absolute atomic E-state index is 0.122. The summed E-state index contributed by atoms with van der Waals surface area (Å²) in [6.07, 6.45) is 13.4. The number of hydrogen-bond donors (Lipinski definition) is 0. The smallest absolute Gasteiger partial charge is 0.198 e. The number of nitrogens with zero attached hydrogens (tertiary/aromatic N) is 22. The maximum atomic E-state index is 5.07. The molecule has 4 aliphatic heterocycles. The molecule has 0 unspecified atom stereocenters. The van der Waals surface area contributed by atoms with Gasteiger partial charge in [0.1, 0.15) is 36.3 Å². The van der Waals surface area contributed by atoms with E-state index in [1.54, 1.807) is 0 Å². The molecule has 0 bridgehead atoms. The SMILES string of the molecule is CC(C)[n+]1ccc(N2c3ccccc3N(C(C)(C)c3cc4ccccc4n3C)[C@@H]2C)n1C.CC(C)[n+]1ccc(N2c3ccccc3N(C(C)(C)c3cccn3C)[C@@H]2C)n1C.CC(C)[n+]1ccc(N2c3ccccc3N(C(C)(C)c3nc4ccccc4n3C)[C@@H]2C)n1C.Cc1cnc(C(C)(C)N2c3ccccc3N(c3cc[n+](C(C)C)n3C)[C@H]2C)n1C. The molecule has 0 amide bonds. The summed E-state index contributed by atoms with van der Waals surface area (Å²) in [5, 5.41) is 1.29. The molecule has 121 heavy (non-hydrogen) atoms. The van der Waals surface area contributed by atoms with Crippen molar-refractivity contribution in [3.8, 4) is 0 Å². The molecule has 4 atom stereocenters. The number of imidazole rings is 2. The van der Waals surface area contributed by atoms with E-state index in [0.717, 1.165) is 22.7 Å². The molecule has 0 fully saturated rings. The van der Waals surface area contributed by atoms with Gasteiger partial charge in [0, 0.05) is 63.2 Å². The molecule has 0 saturated carbocycles. The lowest BCUT2D eigenvalue weighted by atomic mass is 9.96. The second-order valence-corrected chi connectivity index (χ2v) is 36.8. The first-order valence-electron chi connectivity index (χ1n) is 43.4. The first-order chi connectivity index (χ1) is 57.4. The highest BCUT2D eigenvalue weighted by Gasteiger charge is 2.51. The maximum Gasteiger partial charge on any atom is 0.198 e. The van der Waals surface area contributed by atoms with Gasteiger partial charge in [-0.25, -0.2) is 9.97 Å². The van der Waals surface area contributed by atoms with Gasteiger partial charge in [-0.15, -0.1) is 37.5 Å². The lowest BCUT2D eigenvalue weighted by Gasteiger charge is -2.42. The molecule has 0 saturated heterocycles. The van der Waals surface area contributed by atoms with Gasteiger partial charge in [-0.1, -0.05) is 78.9 Å². The number of rotatable bonds is 16. The highest BCUT2D eigenvalue weighted by atomic mass is 15.6. The first kappa shape index (κ1) is 84.1. The number of aryl methyl sites for hydroxylation is 4. The number of para-hydroxylation sites is 11. The van der Waals surface area contributed by atoms with E-state index in [2.05, 4.69) is 516 Å². The summed E-state index contributed by atoms with van der Waals surface area (Å²) in [4.78, 5) is 29.8. The Labute approximate surface area is 718 Å². The van der Waals surface area contributed by atoms with Gasteiger partial charge in [-0.3, -0.25) is 0 Å². The van der Waals surface area contributed by atoms with Gasteiger partial charge < -0.3 is 57.5 Å². The summed E-state index contributed by atoms with van der Waals surface area (Å²) in [5.41, 5.74) is 16.3. The van der Waals surface area contributed by atoms with E-state index in [1.165, 1.54) is 96.8 Å². The third-order valence-corrected chi connectivity index (χ3v) is 26.6. The minimum atomic E-state index is -0.322. The Hall–Kier alpha value is -11.9. The molecule has 6 aromatic carbocycles. The van der Waals surface area contributed by atoms with Crippen molar-refractivity contribution in [3.63, 3.8) is 0 Å². The Kier molecular flexibility index (Phi) is 21.9. The van der Waals surface area contributed by atoms with E-state index in [-0.39, 0.29) is 46.8 Å². The van der Waals surface area contributed by atoms with Crippen molar-refractivity contribution in [3.05, 3.63) is 254 Å². The monoisotopic (exact) mass is 1630 g/mol. The van der Waals surface area contributed by atoms with E-state index in [4.69, 9.17) is 9.97 Å². The van der Waals surface area contributed by atoms with E-state index >= 15 is 0 Å². The third kappa shape index (κ3) is 13.8. The van der Waals surface area contributed by atoms with Crippen LogP contribution in [0, 0.1) is 6.92 Å². The zero-order chi connectivity index (χ0) is 86.9. The fourth-order valence-electron chi connectivity index (χ4n) is 21.0. The van der Waals surface area contributed by atoms with Crippen LogP contribution in [-0.2, 0) is 78.5 Å². The van der Waals surface area contributed by atoms with E-state index in [1.807, 2.05) is 6.20 Å². The summed E-state index contributed by atoms with van der Waals surface area (Å²) in [6.45, 7) is 47.5. The van der Waals surface area contributed by atoms with Crippen LogP contribution >= 0.6 is 0 Å². The van der Waals surface area contributed by atoms with E-state index in [0.29, 0.717) is 24.2 Å². The molecule has 22 heteroatoms. The van der Waals surface area contributed by atoms with Crippen molar-refractivity contribution in [2.45, 2.75) is 216 Å². The summed E-state index contributed by atoms with van der Waals surface area (Å²) < 4.78 is 27.1. The van der Waals surface area contributed by atoms with Crippen LogP contribution in [0.25, 0.3) is 21.9 Å². The Balaban J connectivity index is 0.000000126. The minimum Gasteiger partial charge on any atom is -0.352 e. The van der Waals surface area contributed by atoms with Crippen LogP contribution in [0.4, 0.5) is 68.8 Å². The molecule has 14 aromatic rings. The molecule has 4 aliphatic rings. The quantitative estimate of drug-likeness (QED) is 0.0868. The van der Waals surface area contributed by atoms with Crippen LogP contribution in [0.1, 0.15) is 191 Å². The average Bonchev–Trinajstić information content (AvgIpc) is 1.57. The largest absolute Gasteiger partial charge is 0.352 e. The summed E-state index contributed by atoms with van der Waals surface area (Å²) in [5.74, 6) is 6.91. The molecule has 18 rings (SSSR count). The predicted octanol–water partition coefficient (Wildman–Crippen LogP) is 19.3. The molecule has 634 valence electrons. The molecule has 0 spiro atoms. The molecular formula is C99H132N22+4. The van der Waals surface area contributed by atoms with E-state index in [9.17, 15) is 0 Å². The highest BCUT2D eigenvalue weighted by Crippen LogP contribution is 2.54. The van der Waals surface area contributed by atoms with Gasteiger partial charge in [0.2, 0.25) is 0 Å². The number of anilines is 12. The van der Waals surface area contributed by atoms with Gasteiger partial charge in [0.15, 0.2) is 72.2 Å². The van der Waals surface area contributed by atoms with Crippen molar-refractivity contribution >= 4 is 90.7 Å². The zero-order valence-corrected chi connectivity index (χ0v) is 77.3. The number of aromatic nitrogens is 14. The predicted molar refractivity (Wildman–Crippen MR) is 495 cm³/mol. The van der Waals surface area contributed by atoms with Crippen molar-refractivity contribution in [1.29, 1.82) is 0 Å². The van der Waals surface area contributed by atoms with Crippen molar-refractivity contribution < 1.29 is 18.7 Å². The average molecular weight is 1630 g/mol. The Morgan fingerprint density at radius 1 is 0.322 bits per heavy atom. The molecule has 8 aromatic heterocycles. The lowest BCUT2D eigenvalue weighted by Crippen LogP contribution is -2.51. The number of benzene rings is 6. The zero-order valence-electron chi connectivity index (χ0n) is 77.3. The summed E-state index contributed by atoms with van der Waals surface area (Å²) in [7, 11) is 17.1. The number of fused-ring (bicyclic) bond motifs is 6. The molecule has 12 heterocycles. The normalized spacial score (nSPS) is 16.6. The maximum absolute atomic E-state index is 5.07. The Morgan fingerprint density at radius 2 is 0.636 bits per heavy atom. The van der Waals surface area contributed by atoms with Crippen molar-refractivity contribution in [2.24, 2.45) is 56.4 Å². The third-order valence-electron chi connectivity index (χ3n) is 26.6. The topological polar surface area (TPSA) is 107 Å².